The molecule has 1 amide bonds. The van der Waals surface area contributed by atoms with Crippen LogP contribution in [0, 0.1) is 0 Å². The second-order valence-electron chi connectivity index (χ2n) is 7.27. The zero-order valence-corrected chi connectivity index (χ0v) is 17.0. The first-order valence-corrected chi connectivity index (χ1v) is 10.3. The number of para-hydroxylation sites is 1. The Labute approximate surface area is 178 Å². The van der Waals surface area contributed by atoms with Crippen molar-refractivity contribution in [3.8, 4) is 0 Å². The summed E-state index contributed by atoms with van der Waals surface area (Å²) >= 11 is 12.1. The first-order chi connectivity index (χ1) is 14.1. The zero-order valence-electron chi connectivity index (χ0n) is 15.5. The Bertz CT molecular complexity index is 1200. The van der Waals surface area contributed by atoms with E-state index in [1.54, 1.807) is 24.3 Å². The molecule has 0 radical (unpaired) electrons. The van der Waals surface area contributed by atoms with Gasteiger partial charge in [0.15, 0.2) is 0 Å². The molecule has 3 nitrogen and oxygen atoms in total. The SMILES string of the molecule is O=C(c1ccc(Cl)cc1)N1CCc2c([nH]c3ccccc23)C1c1ccc(Cl)cc1. The van der Waals surface area contributed by atoms with Crippen LogP contribution in [0.15, 0.2) is 72.8 Å². The highest BCUT2D eigenvalue weighted by molar-refractivity contribution is 6.30. The summed E-state index contributed by atoms with van der Waals surface area (Å²) in [4.78, 5) is 18.9. The number of amides is 1. The average Bonchev–Trinajstić information content (AvgIpc) is 3.12. The van der Waals surface area contributed by atoms with Crippen molar-refractivity contribution in [2.75, 3.05) is 6.54 Å². The summed E-state index contributed by atoms with van der Waals surface area (Å²) in [7, 11) is 0. The Hall–Kier alpha value is -2.75. The molecule has 1 atom stereocenters. The van der Waals surface area contributed by atoms with Crippen LogP contribution in [0.25, 0.3) is 10.9 Å². The van der Waals surface area contributed by atoms with Gasteiger partial charge in [0.05, 0.1) is 6.04 Å². The minimum absolute atomic E-state index is 0.00840. The van der Waals surface area contributed by atoms with E-state index in [0.29, 0.717) is 22.2 Å². The van der Waals surface area contributed by atoms with E-state index >= 15 is 0 Å². The highest BCUT2D eigenvalue weighted by atomic mass is 35.5. The van der Waals surface area contributed by atoms with Crippen LogP contribution < -0.4 is 0 Å². The quantitative estimate of drug-likeness (QED) is 0.407. The second-order valence-corrected chi connectivity index (χ2v) is 8.15. The number of aromatic nitrogens is 1. The third kappa shape index (κ3) is 3.21. The standard InChI is InChI=1S/C24H18Cl2N2O/c25-17-9-5-15(6-10-17)23-22-20(19-3-1-2-4-21(19)27-22)13-14-28(23)24(29)16-7-11-18(26)12-8-16/h1-12,23,27H,13-14H2. The Morgan fingerprint density at radius 3 is 2.28 bits per heavy atom. The molecular formula is C24H18Cl2N2O. The van der Waals surface area contributed by atoms with Gasteiger partial charge < -0.3 is 9.88 Å². The highest BCUT2D eigenvalue weighted by Gasteiger charge is 2.34. The van der Waals surface area contributed by atoms with Gasteiger partial charge in [-0.2, -0.15) is 0 Å². The predicted molar refractivity (Wildman–Crippen MR) is 118 cm³/mol. The molecular weight excluding hydrogens is 403 g/mol. The van der Waals surface area contributed by atoms with Crippen molar-refractivity contribution in [3.63, 3.8) is 0 Å². The van der Waals surface area contributed by atoms with Gasteiger partial charge in [0.2, 0.25) is 0 Å². The number of aromatic amines is 1. The van der Waals surface area contributed by atoms with Crippen molar-refractivity contribution in [1.29, 1.82) is 0 Å². The summed E-state index contributed by atoms with van der Waals surface area (Å²) in [5.41, 5.74) is 5.11. The number of halogens is 2. The van der Waals surface area contributed by atoms with E-state index < -0.39 is 0 Å². The lowest BCUT2D eigenvalue weighted by Crippen LogP contribution is -2.40. The first-order valence-electron chi connectivity index (χ1n) is 9.53. The minimum atomic E-state index is -0.202. The zero-order chi connectivity index (χ0) is 20.0. The van der Waals surface area contributed by atoms with E-state index in [9.17, 15) is 4.79 Å². The number of nitrogens with one attached hydrogen (secondary N) is 1. The largest absolute Gasteiger partial charge is 0.356 e. The van der Waals surface area contributed by atoms with Gasteiger partial charge in [0.25, 0.3) is 5.91 Å². The van der Waals surface area contributed by atoms with Crippen molar-refractivity contribution in [2.45, 2.75) is 12.5 Å². The van der Waals surface area contributed by atoms with E-state index in [1.807, 2.05) is 35.2 Å². The number of nitrogens with zero attached hydrogens (tertiary/aromatic N) is 1. The van der Waals surface area contributed by atoms with E-state index in [0.717, 1.165) is 23.2 Å². The van der Waals surface area contributed by atoms with Gasteiger partial charge in [0, 0.05) is 38.8 Å². The molecule has 144 valence electrons. The second kappa shape index (κ2) is 7.25. The lowest BCUT2D eigenvalue weighted by atomic mass is 9.91. The van der Waals surface area contributed by atoms with Gasteiger partial charge in [-0.1, -0.05) is 53.5 Å². The molecule has 4 aromatic rings. The van der Waals surface area contributed by atoms with Crippen LogP contribution in [-0.2, 0) is 6.42 Å². The fourth-order valence-corrected chi connectivity index (χ4v) is 4.46. The van der Waals surface area contributed by atoms with Crippen molar-refractivity contribution in [1.82, 2.24) is 9.88 Å². The third-order valence-electron chi connectivity index (χ3n) is 5.57. The first kappa shape index (κ1) is 18.3. The maximum absolute atomic E-state index is 13.4. The molecule has 3 aromatic carbocycles. The molecule has 0 saturated heterocycles. The van der Waals surface area contributed by atoms with E-state index in [2.05, 4.69) is 23.2 Å². The number of benzene rings is 3. The third-order valence-corrected chi connectivity index (χ3v) is 6.08. The molecule has 5 heteroatoms. The molecule has 1 aromatic heterocycles. The number of carbonyl (C=O) groups is 1. The summed E-state index contributed by atoms with van der Waals surface area (Å²) in [5.74, 6) is -0.00840. The summed E-state index contributed by atoms with van der Waals surface area (Å²) in [5, 5.41) is 2.52. The molecule has 0 spiro atoms. The average molecular weight is 421 g/mol. The summed E-state index contributed by atoms with van der Waals surface area (Å²) in [6.07, 6.45) is 0.808. The van der Waals surface area contributed by atoms with Crippen molar-refractivity contribution in [2.24, 2.45) is 0 Å². The van der Waals surface area contributed by atoms with Crippen LogP contribution in [0.2, 0.25) is 10.0 Å². The van der Waals surface area contributed by atoms with Crippen molar-refractivity contribution in [3.05, 3.63) is 105 Å². The van der Waals surface area contributed by atoms with Crippen LogP contribution in [0.5, 0.6) is 0 Å². The number of rotatable bonds is 2. The van der Waals surface area contributed by atoms with E-state index in [4.69, 9.17) is 23.2 Å². The Kier molecular flexibility index (Phi) is 4.57. The van der Waals surface area contributed by atoms with Gasteiger partial charge in [0.1, 0.15) is 0 Å². The molecule has 1 aliphatic heterocycles. The highest BCUT2D eigenvalue weighted by Crippen LogP contribution is 2.39. The maximum Gasteiger partial charge on any atom is 0.254 e. The van der Waals surface area contributed by atoms with Crippen molar-refractivity contribution < 1.29 is 4.79 Å². The van der Waals surface area contributed by atoms with Gasteiger partial charge in [-0.3, -0.25) is 4.79 Å². The van der Waals surface area contributed by atoms with Crippen LogP contribution in [0.4, 0.5) is 0 Å². The number of fused-ring (bicyclic) bond motifs is 3. The Balaban J connectivity index is 1.65. The number of hydrogen-bond donors (Lipinski definition) is 1. The topological polar surface area (TPSA) is 36.1 Å². The molecule has 0 saturated carbocycles. The maximum atomic E-state index is 13.4. The van der Waals surface area contributed by atoms with Crippen LogP contribution >= 0.6 is 23.2 Å². The fraction of sp³-hybridized carbons (Fsp3) is 0.125. The summed E-state index contributed by atoms with van der Waals surface area (Å²) in [6.45, 7) is 0.642. The number of hydrogen-bond acceptors (Lipinski definition) is 1. The van der Waals surface area contributed by atoms with Gasteiger partial charge in [-0.25, -0.2) is 0 Å². The minimum Gasteiger partial charge on any atom is -0.356 e. The van der Waals surface area contributed by atoms with Crippen LogP contribution in [0.3, 0.4) is 0 Å². The number of carbonyl (C=O) groups excluding carboxylic acids is 1. The molecule has 5 rings (SSSR count). The Morgan fingerprint density at radius 2 is 1.55 bits per heavy atom. The fourth-order valence-electron chi connectivity index (χ4n) is 4.21. The van der Waals surface area contributed by atoms with Gasteiger partial charge in [-0.15, -0.1) is 0 Å². The van der Waals surface area contributed by atoms with Crippen molar-refractivity contribution >= 4 is 40.0 Å². The molecule has 1 unspecified atom stereocenters. The molecule has 0 bridgehead atoms. The van der Waals surface area contributed by atoms with Crippen LogP contribution in [-0.4, -0.2) is 22.3 Å². The molecule has 29 heavy (non-hydrogen) atoms. The lowest BCUT2D eigenvalue weighted by molar-refractivity contribution is 0.0692. The summed E-state index contributed by atoms with van der Waals surface area (Å²) in [6, 6.07) is 22.9. The molecule has 0 fully saturated rings. The molecule has 1 aliphatic rings. The van der Waals surface area contributed by atoms with Crippen LogP contribution in [0.1, 0.15) is 33.2 Å². The van der Waals surface area contributed by atoms with E-state index in [1.165, 1.54) is 10.9 Å². The van der Waals surface area contributed by atoms with Gasteiger partial charge in [-0.05, 0) is 60.0 Å². The number of H-pyrrole nitrogens is 1. The van der Waals surface area contributed by atoms with E-state index in [-0.39, 0.29) is 11.9 Å². The molecule has 2 heterocycles. The smallest absolute Gasteiger partial charge is 0.254 e. The Morgan fingerprint density at radius 1 is 0.897 bits per heavy atom. The molecule has 0 aliphatic carbocycles. The normalized spacial score (nSPS) is 16.1. The monoisotopic (exact) mass is 420 g/mol. The molecule has 1 N–H and O–H groups in total. The summed E-state index contributed by atoms with van der Waals surface area (Å²) < 4.78 is 0. The van der Waals surface area contributed by atoms with Gasteiger partial charge >= 0.3 is 0 Å². The predicted octanol–water partition coefficient (Wildman–Crippen LogP) is 6.26. The lowest BCUT2D eigenvalue weighted by Gasteiger charge is -2.36.